The number of aromatic hydroxyl groups is 1. The highest BCUT2D eigenvalue weighted by molar-refractivity contribution is 5.65. The molecule has 0 aliphatic carbocycles. The van der Waals surface area contributed by atoms with E-state index in [9.17, 15) is 5.11 Å². The summed E-state index contributed by atoms with van der Waals surface area (Å²) in [5.41, 5.74) is 2.74. The maximum Gasteiger partial charge on any atom is 0.312 e. The van der Waals surface area contributed by atoms with Gasteiger partial charge in [-0.15, -0.1) is 0 Å². The van der Waals surface area contributed by atoms with Gasteiger partial charge in [0.2, 0.25) is 0 Å². The molecule has 0 radical (unpaired) electrons. The highest BCUT2D eigenvalue weighted by Crippen LogP contribution is 2.35. The second-order valence-corrected chi connectivity index (χ2v) is 4.09. The van der Waals surface area contributed by atoms with Crippen molar-refractivity contribution in [3.8, 4) is 23.3 Å². The minimum absolute atomic E-state index is 0.117. The van der Waals surface area contributed by atoms with E-state index in [-0.39, 0.29) is 11.9 Å². The van der Waals surface area contributed by atoms with Crippen molar-refractivity contribution in [3.63, 3.8) is 0 Å². The number of aromatic nitrogens is 1. The summed E-state index contributed by atoms with van der Waals surface area (Å²) in [6, 6.07) is 9.07. The summed E-state index contributed by atoms with van der Waals surface area (Å²) in [5, 5.41) is 22.2. The van der Waals surface area contributed by atoms with Crippen LogP contribution in [-0.2, 0) is 0 Å². The smallest absolute Gasteiger partial charge is 0.312 e. The van der Waals surface area contributed by atoms with Crippen molar-refractivity contribution in [3.05, 3.63) is 35.4 Å². The van der Waals surface area contributed by atoms with E-state index in [0.29, 0.717) is 16.8 Å². The van der Waals surface area contributed by atoms with Crippen molar-refractivity contribution in [1.29, 1.82) is 5.26 Å². The van der Waals surface area contributed by atoms with Crippen LogP contribution < -0.4 is 0 Å². The topological polar surface area (TPSA) is 70.0 Å². The molecule has 0 fully saturated rings. The summed E-state index contributed by atoms with van der Waals surface area (Å²) in [6.07, 6.45) is 0. The van der Waals surface area contributed by atoms with Crippen LogP contribution in [0.25, 0.3) is 11.3 Å². The molecule has 0 atom stereocenters. The molecule has 0 aliphatic heterocycles. The van der Waals surface area contributed by atoms with Crippen LogP contribution >= 0.6 is 0 Å². The molecule has 1 aromatic heterocycles. The Hall–Kier alpha value is -2.28. The molecule has 2 aromatic rings. The van der Waals surface area contributed by atoms with Gasteiger partial charge in [-0.25, -0.2) is 0 Å². The van der Waals surface area contributed by atoms with Crippen molar-refractivity contribution in [2.24, 2.45) is 0 Å². The normalized spacial score (nSPS) is 10.5. The summed E-state index contributed by atoms with van der Waals surface area (Å²) < 4.78 is 4.81. The quantitative estimate of drug-likeness (QED) is 0.857. The Bertz CT molecular complexity index is 562. The van der Waals surface area contributed by atoms with Gasteiger partial charge in [0.15, 0.2) is 0 Å². The lowest BCUT2D eigenvalue weighted by Crippen LogP contribution is -1.90. The van der Waals surface area contributed by atoms with Gasteiger partial charge in [-0.1, -0.05) is 31.1 Å². The molecule has 1 aromatic carbocycles. The monoisotopic (exact) mass is 228 g/mol. The third-order valence-electron chi connectivity index (χ3n) is 2.57. The molecule has 0 aliphatic rings. The molecular formula is C13H12N2O2. The van der Waals surface area contributed by atoms with E-state index in [4.69, 9.17) is 9.78 Å². The lowest BCUT2D eigenvalue weighted by molar-refractivity contribution is 0.275. The second-order valence-electron chi connectivity index (χ2n) is 4.09. The number of benzene rings is 1. The highest BCUT2D eigenvalue weighted by Gasteiger charge is 2.19. The summed E-state index contributed by atoms with van der Waals surface area (Å²) in [7, 11) is 0. The standard InChI is InChI=1S/C13H12N2O2/c1-8(2)11-12(15-17-13(11)16)10-5-3-9(7-14)4-6-10/h3-6,8,16H,1-2H3. The van der Waals surface area contributed by atoms with E-state index >= 15 is 0 Å². The van der Waals surface area contributed by atoms with Gasteiger partial charge >= 0.3 is 5.95 Å². The van der Waals surface area contributed by atoms with E-state index in [2.05, 4.69) is 11.2 Å². The Morgan fingerprint density at radius 2 is 1.94 bits per heavy atom. The summed E-state index contributed by atoms with van der Waals surface area (Å²) in [5.74, 6) is -0.0220. The van der Waals surface area contributed by atoms with Crippen LogP contribution in [0.15, 0.2) is 28.8 Å². The van der Waals surface area contributed by atoms with Gasteiger partial charge < -0.3 is 9.63 Å². The Labute approximate surface area is 99.1 Å². The van der Waals surface area contributed by atoms with Crippen LogP contribution in [0.5, 0.6) is 5.95 Å². The zero-order valence-electron chi connectivity index (χ0n) is 9.64. The average Bonchev–Trinajstić information content (AvgIpc) is 2.71. The van der Waals surface area contributed by atoms with Crippen LogP contribution in [0.1, 0.15) is 30.9 Å². The number of hydrogen-bond acceptors (Lipinski definition) is 4. The van der Waals surface area contributed by atoms with E-state index < -0.39 is 0 Å². The third-order valence-corrected chi connectivity index (χ3v) is 2.57. The van der Waals surface area contributed by atoms with Crippen LogP contribution in [-0.4, -0.2) is 10.3 Å². The van der Waals surface area contributed by atoms with Crippen molar-refractivity contribution < 1.29 is 9.63 Å². The van der Waals surface area contributed by atoms with Crippen molar-refractivity contribution >= 4 is 0 Å². The van der Waals surface area contributed by atoms with E-state index in [1.165, 1.54) is 0 Å². The predicted octanol–water partition coefficient (Wildman–Crippen LogP) is 3.04. The Balaban J connectivity index is 2.50. The van der Waals surface area contributed by atoms with Gasteiger partial charge in [0.25, 0.3) is 0 Å². The molecule has 4 heteroatoms. The number of hydrogen-bond donors (Lipinski definition) is 1. The zero-order chi connectivity index (χ0) is 12.4. The predicted molar refractivity (Wildman–Crippen MR) is 62.4 cm³/mol. The van der Waals surface area contributed by atoms with Gasteiger partial charge in [-0.3, -0.25) is 0 Å². The lowest BCUT2D eigenvalue weighted by Gasteiger charge is -2.04. The first-order valence-corrected chi connectivity index (χ1v) is 5.32. The van der Waals surface area contributed by atoms with Crippen LogP contribution in [0.2, 0.25) is 0 Å². The molecule has 1 heterocycles. The zero-order valence-corrected chi connectivity index (χ0v) is 9.64. The van der Waals surface area contributed by atoms with Gasteiger partial charge in [0, 0.05) is 5.56 Å². The number of rotatable bonds is 2. The fourth-order valence-electron chi connectivity index (χ4n) is 1.72. The fourth-order valence-corrected chi connectivity index (χ4v) is 1.72. The number of nitriles is 1. The molecule has 17 heavy (non-hydrogen) atoms. The van der Waals surface area contributed by atoms with Crippen molar-refractivity contribution in [1.82, 2.24) is 5.16 Å². The first-order valence-electron chi connectivity index (χ1n) is 5.32. The molecule has 0 bridgehead atoms. The van der Waals surface area contributed by atoms with Crippen molar-refractivity contribution in [2.75, 3.05) is 0 Å². The molecule has 1 N–H and O–H groups in total. The Kier molecular flexibility index (Phi) is 2.84. The van der Waals surface area contributed by atoms with Gasteiger partial charge in [-0.2, -0.15) is 5.26 Å². The van der Waals surface area contributed by atoms with Crippen LogP contribution in [0.3, 0.4) is 0 Å². The van der Waals surface area contributed by atoms with Gasteiger partial charge in [0.05, 0.1) is 17.2 Å². The van der Waals surface area contributed by atoms with Gasteiger partial charge in [0.1, 0.15) is 5.69 Å². The van der Waals surface area contributed by atoms with E-state index in [0.717, 1.165) is 5.56 Å². The largest absolute Gasteiger partial charge is 0.479 e. The Morgan fingerprint density at radius 3 is 2.47 bits per heavy atom. The maximum absolute atomic E-state index is 9.58. The van der Waals surface area contributed by atoms with E-state index in [1.54, 1.807) is 24.3 Å². The minimum Gasteiger partial charge on any atom is -0.479 e. The first-order chi connectivity index (χ1) is 8.13. The minimum atomic E-state index is -0.139. The summed E-state index contributed by atoms with van der Waals surface area (Å²) in [4.78, 5) is 0. The molecule has 86 valence electrons. The van der Waals surface area contributed by atoms with Crippen molar-refractivity contribution in [2.45, 2.75) is 19.8 Å². The second kappa shape index (κ2) is 4.30. The molecule has 0 saturated heterocycles. The molecule has 0 saturated carbocycles. The first kappa shape index (κ1) is 11.2. The maximum atomic E-state index is 9.58. The summed E-state index contributed by atoms with van der Waals surface area (Å²) >= 11 is 0. The fraction of sp³-hybridized carbons (Fsp3) is 0.231. The Morgan fingerprint density at radius 1 is 1.29 bits per heavy atom. The summed E-state index contributed by atoms with van der Waals surface area (Å²) in [6.45, 7) is 3.92. The molecule has 0 spiro atoms. The lowest BCUT2D eigenvalue weighted by atomic mass is 9.99. The molecular weight excluding hydrogens is 216 g/mol. The van der Waals surface area contributed by atoms with E-state index in [1.807, 2.05) is 13.8 Å². The molecule has 0 unspecified atom stereocenters. The highest BCUT2D eigenvalue weighted by atomic mass is 16.5. The van der Waals surface area contributed by atoms with Crippen LogP contribution in [0, 0.1) is 11.3 Å². The molecule has 0 amide bonds. The van der Waals surface area contributed by atoms with Gasteiger partial charge in [-0.05, 0) is 18.1 Å². The third kappa shape index (κ3) is 2.00. The average molecular weight is 228 g/mol. The number of nitrogens with zero attached hydrogens (tertiary/aromatic N) is 2. The molecule has 4 nitrogen and oxygen atoms in total. The van der Waals surface area contributed by atoms with Crippen LogP contribution in [0.4, 0.5) is 0 Å². The molecule has 2 rings (SSSR count). The SMILES string of the molecule is CC(C)c1c(-c2ccc(C#N)cc2)noc1O.